The SMILES string of the molecule is Cc1nc([C@@H]2CCOC2)cc(N(Cc2cccs2)CC(C)C)n1. The Morgan fingerprint density at radius 1 is 1.39 bits per heavy atom. The van der Waals surface area contributed by atoms with Gasteiger partial charge in [0, 0.05) is 30.0 Å². The number of nitrogens with zero attached hydrogens (tertiary/aromatic N) is 3. The number of aryl methyl sites for hydroxylation is 1. The lowest BCUT2D eigenvalue weighted by molar-refractivity contribution is 0.193. The zero-order valence-corrected chi connectivity index (χ0v) is 15.0. The molecule has 0 N–H and O–H groups in total. The van der Waals surface area contributed by atoms with E-state index in [1.807, 2.05) is 6.92 Å². The lowest BCUT2D eigenvalue weighted by Gasteiger charge is -2.26. The molecule has 5 heteroatoms. The minimum Gasteiger partial charge on any atom is -0.381 e. The molecule has 3 heterocycles. The second kappa shape index (κ2) is 7.41. The molecule has 1 saturated heterocycles. The summed E-state index contributed by atoms with van der Waals surface area (Å²) in [5.41, 5.74) is 1.13. The Labute approximate surface area is 142 Å². The summed E-state index contributed by atoms with van der Waals surface area (Å²) in [6.45, 7) is 10.0. The Bertz CT molecular complexity index is 621. The molecule has 23 heavy (non-hydrogen) atoms. The molecule has 0 radical (unpaired) electrons. The van der Waals surface area contributed by atoms with Gasteiger partial charge in [-0.1, -0.05) is 19.9 Å². The van der Waals surface area contributed by atoms with Crippen LogP contribution in [0.5, 0.6) is 0 Å². The fraction of sp³-hybridized carbons (Fsp3) is 0.556. The van der Waals surface area contributed by atoms with Gasteiger partial charge in [-0.15, -0.1) is 11.3 Å². The summed E-state index contributed by atoms with van der Waals surface area (Å²) < 4.78 is 5.53. The number of hydrogen-bond donors (Lipinski definition) is 0. The number of ether oxygens (including phenoxy) is 1. The molecule has 0 aliphatic carbocycles. The number of anilines is 1. The smallest absolute Gasteiger partial charge is 0.132 e. The molecule has 1 aliphatic heterocycles. The van der Waals surface area contributed by atoms with Crippen molar-refractivity contribution in [3.8, 4) is 0 Å². The third-order valence-corrected chi connectivity index (χ3v) is 4.89. The van der Waals surface area contributed by atoms with E-state index in [0.717, 1.165) is 50.1 Å². The van der Waals surface area contributed by atoms with Gasteiger partial charge in [0.15, 0.2) is 0 Å². The first-order valence-electron chi connectivity index (χ1n) is 8.32. The highest BCUT2D eigenvalue weighted by Crippen LogP contribution is 2.27. The highest BCUT2D eigenvalue weighted by molar-refractivity contribution is 7.09. The summed E-state index contributed by atoms with van der Waals surface area (Å²) in [6.07, 6.45) is 1.06. The van der Waals surface area contributed by atoms with Crippen molar-refractivity contribution in [3.63, 3.8) is 0 Å². The summed E-state index contributed by atoms with van der Waals surface area (Å²) in [4.78, 5) is 13.1. The topological polar surface area (TPSA) is 38.2 Å². The van der Waals surface area contributed by atoms with E-state index in [-0.39, 0.29) is 0 Å². The molecular weight excluding hydrogens is 306 g/mol. The quantitative estimate of drug-likeness (QED) is 0.801. The maximum Gasteiger partial charge on any atom is 0.132 e. The van der Waals surface area contributed by atoms with Crippen molar-refractivity contribution in [3.05, 3.63) is 40.0 Å². The molecule has 124 valence electrons. The van der Waals surface area contributed by atoms with Gasteiger partial charge in [0.05, 0.1) is 18.8 Å². The van der Waals surface area contributed by atoms with Crippen LogP contribution in [0.25, 0.3) is 0 Å². The molecule has 3 rings (SSSR count). The molecule has 0 bridgehead atoms. The van der Waals surface area contributed by atoms with Crippen molar-refractivity contribution < 1.29 is 4.74 Å². The number of thiophene rings is 1. The van der Waals surface area contributed by atoms with Crippen LogP contribution in [-0.4, -0.2) is 29.7 Å². The summed E-state index contributed by atoms with van der Waals surface area (Å²) in [6, 6.07) is 6.47. The Morgan fingerprint density at radius 2 is 2.26 bits per heavy atom. The van der Waals surface area contributed by atoms with Crippen molar-refractivity contribution in [2.24, 2.45) is 5.92 Å². The van der Waals surface area contributed by atoms with Crippen LogP contribution in [-0.2, 0) is 11.3 Å². The maximum atomic E-state index is 5.53. The number of aromatic nitrogens is 2. The summed E-state index contributed by atoms with van der Waals surface area (Å²) in [7, 11) is 0. The van der Waals surface area contributed by atoms with E-state index in [9.17, 15) is 0 Å². The first-order valence-corrected chi connectivity index (χ1v) is 9.20. The van der Waals surface area contributed by atoms with Crippen LogP contribution >= 0.6 is 11.3 Å². The molecule has 0 amide bonds. The first-order chi connectivity index (χ1) is 11.1. The highest BCUT2D eigenvalue weighted by Gasteiger charge is 2.22. The molecule has 0 spiro atoms. The van der Waals surface area contributed by atoms with Gasteiger partial charge < -0.3 is 9.64 Å². The predicted molar refractivity (Wildman–Crippen MR) is 95.2 cm³/mol. The fourth-order valence-corrected chi connectivity index (χ4v) is 3.70. The van der Waals surface area contributed by atoms with Crippen LogP contribution in [0, 0.1) is 12.8 Å². The largest absolute Gasteiger partial charge is 0.381 e. The van der Waals surface area contributed by atoms with Gasteiger partial charge in [-0.05, 0) is 30.7 Å². The summed E-state index contributed by atoms with van der Waals surface area (Å²) in [5, 5.41) is 2.13. The van der Waals surface area contributed by atoms with Crippen molar-refractivity contribution in [1.82, 2.24) is 9.97 Å². The van der Waals surface area contributed by atoms with Gasteiger partial charge in [-0.2, -0.15) is 0 Å². The van der Waals surface area contributed by atoms with Crippen LogP contribution in [0.15, 0.2) is 23.6 Å². The Kier molecular flexibility index (Phi) is 5.28. The number of hydrogen-bond acceptors (Lipinski definition) is 5. The lowest BCUT2D eigenvalue weighted by atomic mass is 10.0. The van der Waals surface area contributed by atoms with Gasteiger partial charge in [0.2, 0.25) is 0 Å². The van der Waals surface area contributed by atoms with Crippen molar-refractivity contribution in [2.75, 3.05) is 24.7 Å². The normalized spacial score (nSPS) is 17.8. The van der Waals surface area contributed by atoms with E-state index in [1.165, 1.54) is 4.88 Å². The fourth-order valence-electron chi connectivity index (χ4n) is 2.98. The van der Waals surface area contributed by atoms with E-state index in [4.69, 9.17) is 9.72 Å². The zero-order valence-electron chi connectivity index (χ0n) is 14.2. The van der Waals surface area contributed by atoms with Crippen LogP contribution in [0.4, 0.5) is 5.82 Å². The Hall–Kier alpha value is -1.46. The average Bonchev–Trinajstić information content (AvgIpc) is 3.19. The average molecular weight is 331 g/mol. The zero-order chi connectivity index (χ0) is 16.2. The van der Waals surface area contributed by atoms with Crippen molar-refractivity contribution >= 4 is 17.2 Å². The maximum absolute atomic E-state index is 5.53. The van der Waals surface area contributed by atoms with E-state index in [0.29, 0.717) is 11.8 Å². The van der Waals surface area contributed by atoms with Crippen LogP contribution < -0.4 is 4.90 Å². The van der Waals surface area contributed by atoms with Gasteiger partial charge >= 0.3 is 0 Å². The predicted octanol–water partition coefficient (Wildman–Crippen LogP) is 4.01. The molecule has 1 fully saturated rings. The second-order valence-electron chi connectivity index (χ2n) is 6.61. The molecular formula is C18H25N3OS. The first kappa shape index (κ1) is 16.4. The molecule has 0 aromatic carbocycles. The third kappa shape index (κ3) is 4.30. The number of rotatable bonds is 6. The van der Waals surface area contributed by atoms with E-state index in [2.05, 4.69) is 47.3 Å². The van der Waals surface area contributed by atoms with Gasteiger partial charge in [0.25, 0.3) is 0 Å². The second-order valence-corrected chi connectivity index (χ2v) is 7.64. The van der Waals surface area contributed by atoms with Gasteiger partial charge in [-0.25, -0.2) is 9.97 Å². The molecule has 0 unspecified atom stereocenters. The van der Waals surface area contributed by atoms with Crippen molar-refractivity contribution in [1.29, 1.82) is 0 Å². The van der Waals surface area contributed by atoms with E-state index >= 15 is 0 Å². The van der Waals surface area contributed by atoms with Crippen LogP contribution in [0.2, 0.25) is 0 Å². The molecule has 2 aromatic rings. The molecule has 1 aliphatic rings. The van der Waals surface area contributed by atoms with E-state index in [1.54, 1.807) is 11.3 Å². The monoisotopic (exact) mass is 331 g/mol. The molecule has 1 atom stereocenters. The van der Waals surface area contributed by atoms with Crippen LogP contribution in [0.1, 0.15) is 42.6 Å². The lowest BCUT2D eigenvalue weighted by Crippen LogP contribution is -2.28. The molecule has 2 aromatic heterocycles. The Morgan fingerprint density at radius 3 is 2.91 bits per heavy atom. The minimum atomic E-state index is 0.415. The third-order valence-electron chi connectivity index (χ3n) is 4.03. The Balaban J connectivity index is 1.87. The van der Waals surface area contributed by atoms with E-state index < -0.39 is 0 Å². The van der Waals surface area contributed by atoms with Gasteiger partial charge in [0.1, 0.15) is 11.6 Å². The standard InChI is InChI=1S/C18H25N3OS/c1-13(2)10-21(11-16-5-4-8-23-16)18-9-17(19-14(3)20-18)15-6-7-22-12-15/h4-5,8-9,13,15H,6-7,10-12H2,1-3H3/t15-/m1/s1. The van der Waals surface area contributed by atoms with Gasteiger partial charge in [-0.3, -0.25) is 0 Å². The van der Waals surface area contributed by atoms with Crippen molar-refractivity contribution in [2.45, 2.75) is 39.7 Å². The van der Waals surface area contributed by atoms with Crippen LogP contribution in [0.3, 0.4) is 0 Å². The summed E-state index contributed by atoms with van der Waals surface area (Å²) >= 11 is 1.80. The minimum absolute atomic E-state index is 0.415. The molecule has 0 saturated carbocycles. The highest BCUT2D eigenvalue weighted by atomic mass is 32.1. The molecule has 4 nitrogen and oxygen atoms in total. The summed E-state index contributed by atoms with van der Waals surface area (Å²) in [5.74, 6) is 2.90.